The number of carbonyl (C=O) groups excluding carboxylic acids is 1. The van der Waals surface area contributed by atoms with E-state index in [-0.39, 0.29) is 12.3 Å². The first-order valence-corrected chi connectivity index (χ1v) is 6.27. The Morgan fingerprint density at radius 1 is 1.44 bits per heavy atom. The van der Waals surface area contributed by atoms with E-state index >= 15 is 0 Å². The number of nitrogens with zero attached hydrogens (tertiary/aromatic N) is 1. The van der Waals surface area contributed by atoms with Crippen molar-refractivity contribution in [2.75, 3.05) is 0 Å². The maximum absolute atomic E-state index is 11.5. The number of carbonyl (C=O) groups is 2. The lowest BCUT2D eigenvalue weighted by Gasteiger charge is -1.98. The van der Waals surface area contributed by atoms with E-state index in [1.807, 2.05) is 31.2 Å². The third kappa shape index (κ3) is 3.10. The molecule has 0 bridgehead atoms. The summed E-state index contributed by atoms with van der Waals surface area (Å²) < 4.78 is 0. The van der Waals surface area contributed by atoms with Crippen molar-refractivity contribution < 1.29 is 14.7 Å². The standard InChI is InChI=1S/C12H12N2O3S/c1-7-2-4-8(5-3-7)13-12-14-11(17)9(18-12)6-10(15)16/h2-5,9H,6H2,1H3,(H,15,16)(H,13,14,17)/t9-/m1/s1. The molecule has 1 atom stereocenters. The smallest absolute Gasteiger partial charge is 0.305 e. The van der Waals surface area contributed by atoms with Crippen molar-refractivity contribution >= 4 is 34.5 Å². The van der Waals surface area contributed by atoms with Crippen molar-refractivity contribution in [3.63, 3.8) is 0 Å². The summed E-state index contributed by atoms with van der Waals surface area (Å²) in [5, 5.41) is 11.1. The topological polar surface area (TPSA) is 78.8 Å². The number of carboxylic acid groups (broad SMARTS) is 1. The third-order valence-electron chi connectivity index (χ3n) is 2.40. The van der Waals surface area contributed by atoms with Gasteiger partial charge in [-0.15, -0.1) is 0 Å². The van der Waals surface area contributed by atoms with Gasteiger partial charge in [-0.25, -0.2) is 4.99 Å². The Kier molecular flexibility index (Phi) is 3.66. The molecule has 0 saturated carbocycles. The Bertz CT molecular complexity index is 511. The molecule has 1 fully saturated rings. The van der Waals surface area contributed by atoms with E-state index in [2.05, 4.69) is 10.3 Å². The number of amidine groups is 1. The predicted molar refractivity (Wildman–Crippen MR) is 70.0 cm³/mol. The summed E-state index contributed by atoms with van der Waals surface area (Å²) >= 11 is 1.15. The van der Waals surface area contributed by atoms with Gasteiger partial charge in [-0.3, -0.25) is 9.59 Å². The number of hydrogen-bond acceptors (Lipinski definition) is 4. The van der Waals surface area contributed by atoms with Gasteiger partial charge in [0.15, 0.2) is 5.17 Å². The zero-order valence-corrected chi connectivity index (χ0v) is 10.5. The Hall–Kier alpha value is -1.82. The molecule has 0 unspecified atom stereocenters. The van der Waals surface area contributed by atoms with Crippen LogP contribution in [0.15, 0.2) is 29.3 Å². The summed E-state index contributed by atoms with van der Waals surface area (Å²) in [6.07, 6.45) is -0.191. The van der Waals surface area contributed by atoms with Crippen LogP contribution in [0.3, 0.4) is 0 Å². The molecule has 2 N–H and O–H groups in total. The molecule has 1 aromatic rings. The van der Waals surface area contributed by atoms with E-state index in [1.165, 1.54) is 0 Å². The lowest BCUT2D eigenvalue weighted by molar-refractivity contribution is -0.138. The van der Waals surface area contributed by atoms with Crippen LogP contribution in [0.4, 0.5) is 5.69 Å². The fourth-order valence-corrected chi connectivity index (χ4v) is 2.47. The zero-order valence-electron chi connectivity index (χ0n) is 9.71. The van der Waals surface area contributed by atoms with Crippen molar-refractivity contribution in [1.29, 1.82) is 0 Å². The van der Waals surface area contributed by atoms with Crippen LogP contribution < -0.4 is 5.32 Å². The average Bonchev–Trinajstić information content (AvgIpc) is 2.62. The van der Waals surface area contributed by atoms with Gasteiger partial charge < -0.3 is 10.4 Å². The van der Waals surface area contributed by atoms with E-state index in [0.717, 1.165) is 23.0 Å². The fraction of sp³-hybridized carbons (Fsp3) is 0.250. The van der Waals surface area contributed by atoms with Gasteiger partial charge in [-0.2, -0.15) is 0 Å². The molecular formula is C12H12N2O3S. The van der Waals surface area contributed by atoms with E-state index in [4.69, 9.17) is 5.11 Å². The van der Waals surface area contributed by atoms with E-state index in [9.17, 15) is 9.59 Å². The largest absolute Gasteiger partial charge is 0.481 e. The quantitative estimate of drug-likeness (QED) is 0.870. The monoisotopic (exact) mass is 264 g/mol. The van der Waals surface area contributed by atoms with E-state index < -0.39 is 11.2 Å². The molecule has 1 aromatic carbocycles. The molecule has 5 nitrogen and oxygen atoms in total. The predicted octanol–water partition coefficient (Wildman–Crippen LogP) is 1.69. The van der Waals surface area contributed by atoms with Crippen molar-refractivity contribution in [2.45, 2.75) is 18.6 Å². The minimum Gasteiger partial charge on any atom is -0.481 e. The van der Waals surface area contributed by atoms with Crippen LogP contribution in [0.5, 0.6) is 0 Å². The number of aliphatic carboxylic acids is 1. The minimum atomic E-state index is -0.987. The van der Waals surface area contributed by atoms with Crippen LogP contribution >= 0.6 is 11.8 Å². The van der Waals surface area contributed by atoms with Crippen LogP contribution in [0.25, 0.3) is 0 Å². The van der Waals surface area contributed by atoms with Gasteiger partial charge in [-0.1, -0.05) is 29.5 Å². The number of aryl methyl sites for hydroxylation is 1. The van der Waals surface area contributed by atoms with Crippen molar-refractivity contribution in [3.8, 4) is 0 Å². The molecule has 1 amide bonds. The molecule has 18 heavy (non-hydrogen) atoms. The molecule has 2 rings (SSSR count). The maximum atomic E-state index is 11.5. The Morgan fingerprint density at radius 3 is 2.72 bits per heavy atom. The molecule has 1 aliphatic heterocycles. The summed E-state index contributed by atoms with van der Waals surface area (Å²) in [6.45, 7) is 1.98. The van der Waals surface area contributed by atoms with Crippen LogP contribution in [0.2, 0.25) is 0 Å². The third-order valence-corrected chi connectivity index (χ3v) is 3.48. The number of aliphatic imine (C=N–C) groups is 1. The molecule has 1 saturated heterocycles. The molecule has 0 spiro atoms. The second kappa shape index (κ2) is 5.22. The van der Waals surface area contributed by atoms with Crippen LogP contribution in [-0.4, -0.2) is 27.4 Å². The highest BCUT2D eigenvalue weighted by Crippen LogP contribution is 2.25. The Balaban J connectivity index is 2.09. The molecule has 94 valence electrons. The molecular weight excluding hydrogens is 252 g/mol. The van der Waals surface area contributed by atoms with Gasteiger partial charge in [0.1, 0.15) is 5.25 Å². The zero-order chi connectivity index (χ0) is 13.1. The summed E-state index contributed by atoms with van der Waals surface area (Å²) in [6, 6.07) is 7.55. The Morgan fingerprint density at radius 2 is 2.11 bits per heavy atom. The molecule has 1 aliphatic rings. The summed E-state index contributed by atoms with van der Waals surface area (Å²) in [5.41, 5.74) is 1.87. The van der Waals surface area contributed by atoms with Gasteiger partial charge >= 0.3 is 5.97 Å². The summed E-state index contributed by atoms with van der Waals surface area (Å²) in [4.78, 5) is 26.3. The number of nitrogens with one attached hydrogen (secondary N) is 1. The number of thioether (sulfide) groups is 1. The molecule has 0 aromatic heterocycles. The first-order valence-electron chi connectivity index (χ1n) is 5.39. The van der Waals surface area contributed by atoms with Crippen LogP contribution in [0, 0.1) is 6.92 Å². The van der Waals surface area contributed by atoms with Gasteiger partial charge in [0.25, 0.3) is 0 Å². The highest BCUT2D eigenvalue weighted by molar-refractivity contribution is 8.15. The highest BCUT2D eigenvalue weighted by atomic mass is 32.2. The number of carboxylic acids is 1. The van der Waals surface area contributed by atoms with Gasteiger partial charge in [0.05, 0.1) is 12.1 Å². The minimum absolute atomic E-state index is 0.191. The van der Waals surface area contributed by atoms with Gasteiger partial charge in [0, 0.05) is 0 Å². The normalized spacial score (nSPS) is 21.1. The molecule has 0 radical (unpaired) electrons. The van der Waals surface area contributed by atoms with Crippen LogP contribution in [-0.2, 0) is 9.59 Å². The van der Waals surface area contributed by atoms with Crippen molar-refractivity contribution in [3.05, 3.63) is 29.8 Å². The fourth-order valence-electron chi connectivity index (χ4n) is 1.49. The molecule has 0 aliphatic carbocycles. The number of amides is 1. The lowest BCUT2D eigenvalue weighted by atomic mass is 10.2. The van der Waals surface area contributed by atoms with Crippen LogP contribution in [0.1, 0.15) is 12.0 Å². The van der Waals surface area contributed by atoms with Crippen molar-refractivity contribution in [1.82, 2.24) is 5.32 Å². The first kappa shape index (κ1) is 12.6. The van der Waals surface area contributed by atoms with Gasteiger partial charge in [-0.05, 0) is 19.1 Å². The lowest BCUT2D eigenvalue weighted by Crippen LogP contribution is -2.26. The first-order chi connectivity index (χ1) is 8.54. The van der Waals surface area contributed by atoms with Gasteiger partial charge in [0.2, 0.25) is 5.91 Å². The number of rotatable bonds is 3. The average molecular weight is 264 g/mol. The maximum Gasteiger partial charge on any atom is 0.305 e. The summed E-state index contributed by atoms with van der Waals surface area (Å²) in [5.74, 6) is -1.28. The molecule has 6 heteroatoms. The van der Waals surface area contributed by atoms with Crippen molar-refractivity contribution in [2.24, 2.45) is 4.99 Å². The van der Waals surface area contributed by atoms with E-state index in [1.54, 1.807) is 0 Å². The second-order valence-corrected chi connectivity index (χ2v) is 5.14. The number of hydrogen-bond donors (Lipinski definition) is 2. The SMILES string of the molecule is Cc1ccc(N=C2NC(=O)[C@@H](CC(=O)O)S2)cc1. The molecule has 1 heterocycles. The Labute approximate surface area is 108 Å². The second-order valence-electron chi connectivity index (χ2n) is 3.95. The number of benzene rings is 1. The highest BCUT2D eigenvalue weighted by Gasteiger charge is 2.31. The summed E-state index contributed by atoms with van der Waals surface area (Å²) in [7, 11) is 0. The van der Waals surface area contributed by atoms with E-state index in [0.29, 0.717) is 5.17 Å².